The molecule has 1 aromatic heterocycles. The summed E-state index contributed by atoms with van der Waals surface area (Å²) in [5.74, 6) is 0.775. The van der Waals surface area contributed by atoms with Crippen LogP contribution in [0.25, 0.3) is 0 Å². The minimum absolute atomic E-state index is 0. The number of ether oxygens (including phenoxy) is 1. The van der Waals surface area contributed by atoms with Gasteiger partial charge in [0.2, 0.25) is 10.0 Å². The molecule has 0 aliphatic carbocycles. The summed E-state index contributed by atoms with van der Waals surface area (Å²) in [5.41, 5.74) is 0. The number of guanidine groups is 1. The first kappa shape index (κ1) is 23.6. The number of rotatable bonds is 8. The van der Waals surface area contributed by atoms with Crippen LogP contribution < -0.4 is 5.32 Å². The molecule has 26 heavy (non-hydrogen) atoms. The Balaban J connectivity index is 0.00000338. The summed E-state index contributed by atoms with van der Waals surface area (Å²) in [6, 6.07) is 4.17. The Morgan fingerprint density at radius 3 is 2.77 bits per heavy atom. The molecule has 10 heteroatoms. The highest BCUT2D eigenvalue weighted by molar-refractivity contribution is 14.0. The molecule has 0 spiro atoms. The number of likely N-dealkylation sites (N-methyl/N-ethyl adjacent to an activating group) is 1. The van der Waals surface area contributed by atoms with Crippen molar-refractivity contribution < 1.29 is 13.2 Å². The molecule has 1 fully saturated rings. The first-order valence-corrected chi connectivity index (χ1v) is 11.1. The molecule has 0 bridgehead atoms. The summed E-state index contributed by atoms with van der Waals surface area (Å²) >= 11 is 1.75. The number of thiophene rings is 1. The van der Waals surface area contributed by atoms with E-state index in [-0.39, 0.29) is 36.3 Å². The predicted molar refractivity (Wildman–Crippen MR) is 118 cm³/mol. The van der Waals surface area contributed by atoms with Crippen LogP contribution in [0.2, 0.25) is 0 Å². The number of aliphatic imine (C=N–C) groups is 1. The van der Waals surface area contributed by atoms with E-state index in [1.807, 2.05) is 18.9 Å². The van der Waals surface area contributed by atoms with E-state index in [1.54, 1.807) is 11.3 Å². The smallest absolute Gasteiger partial charge is 0.216 e. The SMILES string of the molecule is CCNC(=NCCS(=O)(=O)N1CCOCC1)N(C)CCc1cccs1.I. The average molecular weight is 516 g/mol. The fraction of sp³-hybridized carbons (Fsp3) is 0.688. The fourth-order valence-corrected chi connectivity index (χ4v) is 4.51. The van der Waals surface area contributed by atoms with Crippen molar-refractivity contribution in [3.8, 4) is 0 Å². The first-order chi connectivity index (χ1) is 12.0. The van der Waals surface area contributed by atoms with Crippen molar-refractivity contribution in [3.05, 3.63) is 22.4 Å². The Labute approximate surface area is 177 Å². The van der Waals surface area contributed by atoms with Gasteiger partial charge in [-0.15, -0.1) is 35.3 Å². The minimum atomic E-state index is -3.27. The lowest BCUT2D eigenvalue weighted by Crippen LogP contribution is -2.43. The van der Waals surface area contributed by atoms with Crippen molar-refractivity contribution in [2.45, 2.75) is 13.3 Å². The van der Waals surface area contributed by atoms with E-state index < -0.39 is 10.0 Å². The number of nitrogens with one attached hydrogen (secondary N) is 1. The molecular formula is C16H29IN4O3S2. The second-order valence-electron chi connectivity index (χ2n) is 5.81. The third-order valence-corrected chi connectivity index (χ3v) is 6.73. The number of sulfonamides is 1. The first-order valence-electron chi connectivity index (χ1n) is 8.60. The molecule has 0 unspecified atom stereocenters. The number of morpholine rings is 1. The Kier molecular flexibility index (Phi) is 11.0. The van der Waals surface area contributed by atoms with Crippen LogP contribution in [0.4, 0.5) is 0 Å². The zero-order chi connectivity index (χ0) is 18.1. The molecule has 1 aromatic rings. The van der Waals surface area contributed by atoms with Gasteiger partial charge in [-0.1, -0.05) is 6.07 Å². The lowest BCUT2D eigenvalue weighted by molar-refractivity contribution is 0.0731. The zero-order valence-corrected chi connectivity index (χ0v) is 19.4. The van der Waals surface area contributed by atoms with E-state index in [9.17, 15) is 8.42 Å². The van der Waals surface area contributed by atoms with Crippen molar-refractivity contribution in [2.24, 2.45) is 4.99 Å². The number of hydrogen-bond acceptors (Lipinski definition) is 5. The summed E-state index contributed by atoms with van der Waals surface area (Å²) in [7, 11) is -1.29. The molecule has 1 N–H and O–H groups in total. The molecule has 2 heterocycles. The van der Waals surface area contributed by atoms with Crippen molar-refractivity contribution in [2.75, 3.05) is 58.7 Å². The van der Waals surface area contributed by atoms with Crippen molar-refractivity contribution in [1.82, 2.24) is 14.5 Å². The van der Waals surface area contributed by atoms with Crippen LogP contribution in [0.3, 0.4) is 0 Å². The van der Waals surface area contributed by atoms with Gasteiger partial charge >= 0.3 is 0 Å². The number of nitrogens with zero attached hydrogens (tertiary/aromatic N) is 3. The Hall–Kier alpha value is -0.430. The summed E-state index contributed by atoms with van der Waals surface area (Å²) in [6.07, 6.45) is 0.949. The quantitative estimate of drug-likeness (QED) is 0.322. The van der Waals surface area contributed by atoms with Crippen LogP contribution in [0.1, 0.15) is 11.8 Å². The monoisotopic (exact) mass is 516 g/mol. The summed E-state index contributed by atoms with van der Waals surface area (Å²) in [6.45, 7) is 5.66. The highest BCUT2D eigenvalue weighted by Crippen LogP contribution is 2.09. The van der Waals surface area contributed by atoms with E-state index in [2.05, 4.69) is 27.8 Å². The maximum atomic E-state index is 12.3. The molecular weight excluding hydrogens is 487 g/mol. The van der Waals surface area contributed by atoms with Crippen LogP contribution in [0.15, 0.2) is 22.5 Å². The highest BCUT2D eigenvalue weighted by Gasteiger charge is 2.23. The maximum absolute atomic E-state index is 12.3. The third kappa shape index (κ3) is 7.67. The molecule has 1 aliphatic rings. The van der Waals surface area contributed by atoms with Gasteiger partial charge in [-0.3, -0.25) is 4.99 Å². The average Bonchev–Trinajstić information content (AvgIpc) is 3.13. The summed E-state index contributed by atoms with van der Waals surface area (Å²) in [5, 5.41) is 5.30. The molecule has 0 aromatic carbocycles. The molecule has 1 aliphatic heterocycles. The number of hydrogen-bond donors (Lipinski definition) is 1. The predicted octanol–water partition coefficient (Wildman–Crippen LogP) is 1.47. The second kappa shape index (κ2) is 12.1. The maximum Gasteiger partial charge on any atom is 0.216 e. The van der Waals surface area contributed by atoms with E-state index in [0.717, 1.165) is 25.5 Å². The fourth-order valence-electron chi connectivity index (χ4n) is 2.53. The van der Waals surface area contributed by atoms with E-state index >= 15 is 0 Å². The normalized spacial score (nSPS) is 16.2. The molecule has 0 atom stereocenters. The topological polar surface area (TPSA) is 74.2 Å². The van der Waals surface area contributed by atoms with Gasteiger partial charge in [-0.25, -0.2) is 8.42 Å². The minimum Gasteiger partial charge on any atom is -0.379 e. The Morgan fingerprint density at radius 2 is 2.15 bits per heavy atom. The zero-order valence-electron chi connectivity index (χ0n) is 15.4. The molecule has 150 valence electrons. The Bertz CT molecular complexity index is 632. The second-order valence-corrected chi connectivity index (χ2v) is 8.93. The van der Waals surface area contributed by atoms with Gasteiger partial charge in [-0.05, 0) is 24.8 Å². The molecule has 7 nitrogen and oxygen atoms in total. The van der Waals surface area contributed by atoms with Crippen molar-refractivity contribution in [3.63, 3.8) is 0 Å². The Morgan fingerprint density at radius 1 is 1.42 bits per heavy atom. The largest absolute Gasteiger partial charge is 0.379 e. The highest BCUT2D eigenvalue weighted by atomic mass is 127. The lowest BCUT2D eigenvalue weighted by Gasteiger charge is -2.26. The standard InChI is InChI=1S/C16H28N4O3S2.HI/c1-3-17-16(19(2)8-6-15-5-4-13-24-15)18-7-14-25(21,22)20-9-11-23-12-10-20;/h4-5,13H,3,6-12,14H2,1-2H3,(H,17,18);1H. The van der Waals surface area contributed by atoms with E-state index in [1.165, 1.54) is 9.18 Å². The van der Waals surface area contributed by atoms with Crippen molar-refractivity contribution >= 4 is 51.3 Å². The molecule has 0 saturated carbocycles. The summed E-state index contributed by atoms with van der Waals surface area (Å²) in [4.78, 5) is 7.87. The lowest BCUT2D eigenvalue weighted by atomic mass is 10.3. The van der Waals surface area contributed by atoms with Crippen LogP contribution in [0.5, 0.6) is 0 Å². The van der Waals surface area contributed by atoms with Crippen LogP contribution in [-0.4, -0.2) is 82.3 Å². The van der Waals surface area contributed by atoms with Gasteiger partial charge in [0.25, 0.3) is 0 Å². The summed E-state index contributed by atoms with van der Waals surface area (Å²) < 4.78 is 31.4. The van der Waals surface area contributed by atoms with Crippen LogP contribution in [-0.2, 0) is 21.2 Å². The van der Waals surface area contributed by atoms with Gasteiger partial charge < -0.3 is 15.0 Å². The van der Waals surface area contributed by atoms with Crippen molar-refractivity contribution in [1.29, 1.82) is 0 Å². The van der Waals surface area contributed by atoms with Crippen LogP contribution in [0, 0.1) is 0 Å². The van der Waals surface area contributed by atoms with Gasteiger partial charge in [0.15, 0.2) is 5.96 Å². The molecule has 2 rings (SSSR count). The van der Waals surface area contributed by atoms with Crippen LogP contribution >= 0.6 is 35.3 Å². The van der Waals surface area contributed by atoms with E-state index in [4.69, 9.17) is 4.74 Å². The van der Waals surface area contributed by atoms with Gasteiger partial charge in [0.05, 0.1) is 25.5 Å². The molecule has 1 saturated heterocycles. The molecule has 0 radical (unpaired) electrons. The van der Waals surface area contributed by atoms with Gasteiger partial charge in [0.1, 0.15) is 0 Å². The third-order valence-electron chi connectivity index (χ3n) is 3.94. The van der Waals surface area contributed by atoms with Gasteiger partial charge in [0, 0.05) is 38.1 Å². The van der Waals surface area contributed by atoms with E-state index in [0.29, 0.717) is 26.3 Å². The molecule has 0 amide bonds. The van der Waals surface area contributed by atoms with Gasteiger partial charge in [-0.2, -0.15) is 4.31 Å². The number of halogens is 1.